The van der Waals surface area contributed by atoms with E-state index in [1.165, 1.54) is 0 Å². The van der Waals surface area contributed by atoms with Crippen molar-refractivity contribution >= 4 is 27.8 Å². The fourth-order valence-electron chi connectivity index (χ4n) is 1.76. The predicted molar refractivity (Wildman–Crippen MR) is 67.5 cm³/mol. The molecule has 0 radical (unpaired) electrons. The summed E-state index contributed by atoms with van der Waals surface area (Å²) < 4.78 is 6.67. The van der Waals surface area contributed by atoms with E-state index in [0.29, 0.717) is 12.2 Å². The molecule has 0 N–H and O–H groups in total. The summed E-state index contributed by atoms with van der Waals surface area (Å²) in [6, 6.07) is 5.72. The summed E-state index contributed by atoms with van der Waals surface area (Å²) in [5, 5.41) is 0. The molecule has 2 rings (SSSR count). The molecule has 0 saturated heterocycles. The molecule has 0 fully saturated rings. The largest absolute Gasteiger partial charge is 0.492 e. The van der Waals surface area contributed by atoms with Crippen LogP contribution in [-0.4, -0.2) is 12.9 Å². The Kier molecular flexibility index (Phi) is 2.89. The van der Waals surface area contributed by atoms with Gasteiger partial charge in [0.25, 0.3) is 0 Å². The van der Waals surface area contributed by atoms with E-state index in [-0.39, 0.29) is 5.41 Å². The minimum atomic E-state index is -0.123. The van der Waals surface area contributed by atoms with E-state index in [2.05, 4.69) is 29.8 Å². The van der Waals surface area contributed by atoms with Crippen molar-refractivity contribution in [2.24, 2.45) is 5.41 Å². The number of rotatable bonds is 1. The zero-order valence-electron chi connectivity index (χ0n) is 9.29. The second-order valence-electron chi connectivity index (χ2n) is 4.64. The Bertz CT molecular complexity index is 461. The van der Waals surface area contributed by atoms with Crippen molar-refractivity contribution in [2.45, 2.75) is 13.8 Å². The Balaban J connectivity index is 2.59. The van der Waals surface area contributed by atoms with Crippen molar-refractivity contribution in [1.82, 2.24) is 0 Å². The van der Waals surface area contributed by atoms with Crippen LogP contribution in [-0.2, 0) is 4.79 Å². The van der Waals surface area contributed by atoms with E-state index in [1.807, 2.05) is 24.3 Å². The molecule has 1 aliphatic rings. The molecule has 0 aromatic heterocycles. The van der Waals surface area contributed by atoms with Gasteiger partial charge in [0.2, 0.25) is 0 Å². The van der Waals surface area contributed by atoms with Crippen molar-refractivity contribution in [3.8, 4) is 5.75 Å². The number of halogens is 1. The fraction of sp³-hybridized carbons (Fsp3) is 0.308. The molecule has 0 saturated carbocycles. The summed E-state index contributed by atoms with van der Waals surface area (Å²) >= 11 is 3.40. The van der Waals surface area contributed by atoms with Crippen LogP contribution in [0.15, 0.2) is 28.7 Å². The maximum Gasteiger partial charge on any atom is 0.150 e. The minimum Gasteiger partial charge on any atom is -0.492 e. The smallest absolute Gasteiger partial charge is 0.150 e. The molecular weight excluding hydrogens is 268 g/mol. The lowest BCUT2D eigenvalue weighted by Crippen LogP contribution is -2.17. The van der Waals surface area contributed by atoms with Gasteiger partial charge in [0.15, 0.2) is 0 Å². The second-order valence-corrected chi connectivity index (χ2v) is 5.55. The monoisotopic (exact) mass is 280 g/mol. The number of benzene rings is 1. The van der Waals surface area contributed by atoms with E-state index in [9.17, 15) is 4.79 Å². The topological polar surface area (TPSA) is 26.3 Å². The van der Waals surface area contributed by atoms with Crippen LogP contribution in [0.5, 0.6) is 5.75 Å². The summed E-state index contributed by atoms with van der Waals surface area (Å²) in [6.07, 6.45) is 2.86. The lowest BCUT2D eigenvalue weighted by Gasteiger charge is -2.18. The van der Waals surface area contributed by atoms with Crippen molar-refractivity contribution < 1.29 is 9.53 Å². The molecule has 16 heavy (non-hydrogen) atoms. The number of ether oxygens (including phenoxy) is 1. The van der Waals surface area contributed by atoms with E-state index in [1.54, 1.807) is 0 Å². The van der Waals surface area contributed by atoms with Crippen LogP contribution >= 0.6 is 15.9 Å². The van der Waals surface area contributed by atoms with Crippen molar-refractivity contribution in [1.29, 1.82) is 0 Å². The number of hydrogen-bond donors (Lipinski definition) is 0. The van der Waals surface area contributed by atoms with Crippen LogP contribution in [0, 0.1) is 5.41 Å². The van der Waals surface area contributed by atoms with Crippen LogP contribution < -0.4 is 4.74 Å². The zero-order chi connectivity index (χ0) is 11.8. The van der Waals surface area contributed by atoms with Gasteiger partial charge in [-0.2, -0.15) is 0 Å². The van der Waals surface area contributed by atoms with Crippen molar-refractivity contribution in [3.63, 3.8) is 0 Å². The number of carbonyl (C=O) groups excluding carboxylic acids is 1. The Morgan fingerprint density at radius 2 is 2.19 bits per heavy atom. The first-order chi connectivity index (χ1) is 7.52. The normalized spacial score (nSPS) is 17.8. The van der Waals surface area contributed by atoms with Crippen LogP contribution in [0.1, 0.15) is 19.4 Å². The molecule has 0 atom stereocenters. The zero-order valence-corrected chi connectivity index (χ0v) is 10.9. The molecular formula is C13H13BrO2. The van der Waals surface area contributed by atoms with E-state index < -0.39 is 0 Å². The number of allylic oxidation sites excluding steroid dienone is 1. The first-order valence-electron chi connectivity index (χ1n) is 5.13. The van der Waals surface area contributed by atoms with Crippen molar-refractivity contribution in [2.75, 3.05) is 6.61 Å². The third kappa shape index (κ3) is 2.19. The Morgan fingerprint density at radius 1 is 1.44 bits per heavy atom. The molecule has 0 unspecified atom stereocenters. The molecule has 2 nitrogen and oxygen atoms in total. The highest BCUT2D eigenvalue weighted by Gasteiger charge is 2.23. The second kappa shape index (κ2) is 4.06. The van der Waals surface area contributed by atoms with Gasteiger partial charge in [0, 0.05) is 21.0 Å². The third-order valence-corrected chi connectivity index (χ3v) is 3.02. The maximum atomic E-state index is 11.1. The highest BCUT2D eigenvalue weighted by atomic mass is 79.9. The molecule has 1 aliphatic heterocycles. The Hall–Kier alpha value is -1.09. The quantitative estimate of drug-likeness (QED) is 0.737. The molecule has 1 heterocycles. The van der Waals surface area contributed by atoms with E-state index in [0.717, 1.165) is 22.1 Å². The van der Waals surface area contributed by atoms with Crippen LogP contribution in [0.2, 0.25) is 0 Å². The van der Waals surface area contributed by atoms with E-state index in [4.69, 9.17) is 4.74 Å². The third-order valence-electron chi connectivity index (χ3n) is 2.53. The maximum absolute atomic E-state index is 11.1. The van der Waals surface area contributed by atoms with Gasteiger partial charge in [0.05, 0.1) is 6.61 Å². The fourth-order valence-corrected chi connectivity index (χ4v) is 2.12. The molecule has 0 bridgehead atoms. The van der Waals surface area contributed by atoms with Gasteiger partial charge in [-0.1, -0.05) is 35.9 Å². The molecule has 0 aliphatic carbocycles. The van der Waals surface area contributed by atoms with Gasteiger partial charge in [-0.3, -0.25) is 4.79 Å². The summed E-state index contributed by atoms with van der Waals surface area (Å²) in [7, 11) is 0. The predicted octanol–water partition coefficient (Wildman–Crippen LogP) is 3.45. The first-order valence-corrected chi connectivity index (χ1v) is 5.92. The highest BCUT2D eigenvalue weighted by Crippen LogP contribution is 2.35. The average molecular weight is 281 g/mol. The Labute approximate surface area is 103 Å². The SMILES string of the molecule is CC1(C)C=C(C=O)c2cc(Br)ccc2OC1. The summed E-state index contributed by atoms with van der Waals surface area (Å²) in [6.45, 7) is 4.69. The molecule has 84 valence electrons. The summed E-state index contributed by atoms with van der Waals surface area (Å²) in [4.78, 5) is 11.1. The molecule has 3 heteroatoms. The van der Waals surface area contributed by atoms with Crippen molar-refractivity contribution in [3.05, 3.63) is 34.3 Å². The number of fused-ring (bicyclic) bond motifs is 1. The van der Waals surface area contributed by atoms with Gasteiger partial charge in [-0.25, -0.2) is 0 Å². The lowest BCUT2D eigenvalue weighted by molar-refractivity contribution is -0.103. The minimum absolute atomic E-state index is 0.123. The van der Waals surface area contributed by atoms with Crippen LogP contribution in [0.25, 0.3) is 5.57 Å². The van der Waals surface area contributed by atoms with Gasteiger partial charge >= 0.3 is 0 Å². The van der Waals surface area contributed by atoms with Gasteiger partial charge in [0.1, 0.15) is 12.0 Å². The Morgan fingerprint density at radius 3 is 2.88 bits per heavy atom. The van der Waals surface area contributed by atoms with E-state index >= 15 is 0 Å². The van der Waals surface area contributed by atoms with Crippen LogP contribution in [0.4, 0.5) is 0 Å². The molecule has 1 aromatic carbocycles. The molecule has 1 aromatic rings. The average Bonchev–Trinajstić information content (AvgIpc) is 2.36. The van der Waals surface area contributed by atoms with Gasteiger partial charge < -0.3 is 4.74 Å². The lowest BCUT2D eigenvalue weighted by atomic mass is 9.91. The van der Waals surface area contributed by atoms with Gasteiger partial charge in [-0.05, 0) is 18.2 Å². The number of hydrogen-bond acceptors (Lipinski definition) is 2. The highest BCUT2D eigenvalue weighted by molar-refractivity contribution is 9.10. The standard InChI is InChI=1S/C13H13BrO2/c1-13(2)6-9(7-15)11-5-10(14)3-4-12(11)16-8-13/h3-7H,8H2,1-2H3. The van der Waals surface area contributed by atoms with Crippen LogP contribution in [0.3, 0.4) is 0 Å². The number of aldehydes is 1. The van der Waals surface area contributed by atoms with Gasteiger partial charge in [-0.15, -0.1) is 0 Å². The summed E-state index contributed by atoms with van der Waals surface area (Å²) in [5.74, 6) is 0.770. The first kappa shape index (κ1) is 11.4. The summed E-state index contributed by atoms with van der Waals surface area (Å²) in [5.41, 5.74) is 1.43. The number of carbonyl (C=O) groups is 1. The molecule has 0 spiro atoms. The molecule has 0 amide bonds.